The monoisotopic (exact) mass is 299 g/mol. The molecule has 1 fully saturated rings. The van der Waals surface area contributed by atoms with Crippen molar-refractivity contribution in [2.24, 2.45) is 0 Å². The molecular weight excluding hydrogens is 278 g/mol. The van der Waals surface area contributed by atoms with Crippen LogP contribution in [0.5, 0.6) is 5.75 Å². The Labute approximate surface area is 120 Å². The van der Waals surface area contributed by atoms with Crippen molar-refractivity contribution in [3.8, 4) is 5.75 Å². The Hall–Kier alpha value is -1.11. The molecule has 5 nitrogen and oxygen atoms in total. The van der Waals surface area contributed by atoms with E-state index in [9.17, 15) is 13.5 Å². The number of β-amino-alcohol motifs (C(OH)–C–C–N with tert-alkyl or cyclic N) is 1. The summed E-state index contributed by atoms with van der Waals surface area (Å²) >= 11 is 0. The van der Waals surface area contributed by atoms with Crippen molar-refractivity contribution in [3.63, 3.8) is 0 Å². The standard InChI is InChI=1S/C14H21NO4S/c1-10-11(2)14(7-6-13(10)19-3)20(17,18)15-8-4-5-12(16)9-15/h6-7,12,16H,4-5,8-9H2,1-3H3. The summed E-state index contributed by atoms with van der Waals surface area (Å²) in [6.45, 7) is 4.26. The Morgan fingerprint density at radius 1 is 1.30 bits per heavy atom. The lowest BCUT2D eigenvalue weighted by molar-refractivity contribution is 0.108. The number of sulfonamides is 1. The summed E-state index contributed by atoms with van der Waals surface area (Å²) in [4.78, 5) is 0.296. The van der Waals surface area contributed by atoms with Crippen molar-refractivity contribution < 1.29 is 18.3 Å². The van der Waals surface area contributed by atoms with Gasteiger partial charge in [-0.1, -0.05) is 0 Å². The van der Waals surface area contributed by atoms with Gasteiger partial charge in [0.2, 0.25) is 10.0 Å². The maximum atomic E-state index is 12.7. The molecule has 1 unspecified atom stereocenters. The van der Waals surface area contributed by atoms with Crippen molar-refractivity contribution in [2.45, 2.75) is 37.7 Å². The minimum atomic E-state index is -3.56. The number of rotatable bonds is 3. The van der Waals surface area contributed by atoms with E-state index in [2.05, 4.69) is 0 Å². The highest BCUT2D eigenvalue weighted by Gasteiger charge is 2.31. The fourth-order valence-corrected chi connectivity index (χ4v) is 4.35. The Bertz CT molecular complexity index is 597. The first-order valence-corrected chi connectivity index (χ1v) is 8.14. The van der Waals surface area contributed by atoms with Crippen LogP contribution in [0.1, 0.15) is 24.0 Å². The first kappa shape index (κ1) is 15.3. The number of aliphatic hydroxyl groups is 1. The van der Waals surface area contributed by atoms with Crippen LogP contribution >= 0.6 is 0 Å². The van der Waals surface area contributed by atoms with E-state index in [0.29, 0.717) is 35.6 Å². The maximum Gasteiger partial charge on any atom is 0.243 e. The first-order chi connectivity index (χ1) is 9.37. The second kappa shape index (κ2) is 5.71. The maximum absolute atomic E-state index is 12.7. The van der Waals surface area contributed by atoms with Crippen LogP contribution in [-0.2, 0) is 10.0 Å². The number of piperidine rings is 1. The van der Waals surface area contributed by atoms with Crippen LogP contribution < -0.4 is 4.74 Å². The number of ether oxygens (including phenoxy) is 1. The predicted octanol–water partition coefficient (Wildman–Crippen LogP) is 1.46. The fourth-order valence-electron chi connectivity index (χ4n) is 2.55. The molecule has 0 saturated carbocycles. The van der Waals surface area contributed by atoms with Gasteiger partial charge in [-0.3, -0.25) is 0 Å². The molecule has 1 saturated heterocycles. The van der Waals surface area contributed by atoms with Crippen molar-refractivity contribution >= 4 is 10.0 Å². The van der Waals surface area contributed by atoms with Crippen LogP contribution in [0.3, 0.4) is 0 Å². The van der Waals surface area contributed by atoms with E-state index in [1.807, 2.05) is 6.92 Å². The highest BCUT2D eigenvalue weighted by atomic mass is 32.2. The quantitative estimate of drug-likeness (QED) is 0.917. The van der Waals surface area contributed by atoms with E-state index >= 15 is 0 Å². The lowest BCUT2D eigenvalue weighted by Crippen LogP contribution is -2.42. The molecule has 20 heavy (non-hydrogen) atoms. The summed E-state index contributed by atoms with van der Waals surface area (Å²) in [5, 5.41) is 9.67. The van der Waals surface area contributed by atoms with Gasteiger partial charge in [-0.05, 0) is 49.9 Å². The minimum absolute atomic E-state index is 0.173. The van der Waals surface area contributed by atoms with Gasteiger partial charge >= 0.3 is 0 Å². The summed E-state index contributed by atoms with van der Waals surface area (Å²) in [5.74, 6) is 0.681. The molecule has 0 amide bonds. The average molecular weight is 299 g/mol. The molecule has 1 aliphatic rings. The fraction of sp³-hybridized carbons (Fsp3) is 0.571. The van der Waals surface area contributed by atoms with E-state index < -0.39 is 16.1 Å². The number of methoxy groups -OCH3 is 1. The van der Waals surface area contributed by atoms with Gasteiger partial charge in [0.25, 0.3) is 0 Å². The van der Waals surface area contributed by atoms with Gasteiger partial charge < -0.3 is 9.84 Å². The van der Waals surface area contributed by atoms with Crippen LogP contribution in [0.2, 0.25) is 0 Å². The molecule has 1 atom stereocenters. The van der Waals surface area contributed by atoms with Crippen LogP contribution in [0.4, 0.5) is 0 Å². The number of hydrogen-bond acceptors (Lipinski definition) is 4. The summed E-state index contributed by atoms with van der Waals surface area (Å²) in [6.07, 6.45) is 0.777. The number of nitrogens with zero attached hydrogens (tertiary/aromatic N) is 1. The topological polar surface area (TPSA) is 66.8 Å². The zero-order valence-electron chi connectivity index (χ0n) is 12.1. The van der Waals surface area contributed by atoms with E-state index in [1.165, 1.54) is 4.31 Å². The third kappa shape index (κ3) is 2.68. The molecule has 0 radical (unpaired) electrons. The minimum Gasteiger partial charge on any atom is -0.496 e. The van der Waals surface area contributed by atoms with Crippen LogP contribution in [0.25, 0.3) is 0 Å². The summed E-state index contributed by atoms with van der Waals surface area (Å²) < 4.78 is 31.9. The highest BCUT2D eigenvalue weighted by Crippen LogP contribution is 2.29. The van der Waals surface area contributed by atoms with Gasteiger partial charge in [0.1, 0.15) is 5.75 Å². The first-order valence-electron chi connectivity index (χ1n) is 6.70. The van der Waals surface area contributed by atoms with Gasteiger partial charge in [-0.15, -0.1) is 0 Å². The second-order valence-electron chi connectivity index (χ2n) is 5.18. The zero-order chi connectivity index (χ0) is 14.9. The average Bonchev–Trinajstić information content (AvgIpc) is 2.41. The molecule has 2 rings (SSSR count). The normalized spacial score (nSPS) is 20.9. The summed E-state index contributed by atoms with van der Waals surface area (Å²) in [6, 6.07) is 3.26. The highest BCUT2D eigenvalue weighted by molar-refractivity contribution is 7.89. The van der Waals surface area contributed by atoms with Crippen molar-refractivity contribution in [3.05, 3.63) is 23.3 Å². The molecule has 1 N–H and O–H groups in total. The van der Waals surface area contributed by atoms with Gasteiger partial charge in [-0.2, -0.15) is 4.31 Å². The lowest BCUT2D eigenvalue weighted by Gasteiger charge is -2.30. The Kier molecular flexibility index (Phi) is 4.36. The third-order valence-corrected chi connectivity index (χ3v) is 5.89. The molecule has 0 spiro atoms. The molecule has 1 aromatic rings. The van der Waals surface area contributed by atoms with E-state index in [4.69, 9.17) is 4.74 Å². The van der Waals surface area contributed by atoms with Crippen LogP contribution in [0, 0.1) is 13.8 Å². The molecule has 112 valence electrons. The summed E-state index contributed by atoms with van der Waals surface area (Å²) in [7, 11) is -1.99. The Morgan fingerprint density at radius 2 is 2.00 bits per heavy atom. The van der Waals surface area contributed by atoms with Gasteiger partial charge in [0.05, 0.1) is 18.1 Å². The molecule has 1 aromatic carbocycles. The smallest absolute Gasteiger partial charge is 0.243 e. The number of hydrogen-bond donors (Lipinski definition) is 1. The van der Waals surface area contributed by atoms with Gasteiger partial charge in [0.15, 0.2) is 0 Å². The van der Waals surface area contributed by atoms with Gasteiger partial charge in [0, 0.05) is 13.1 Å². The molecule has 1 heterocycles. The number of aliphatic hydroxyl groups excluding tert-OH is 1. The third-order valence-electron chi connectivity index (χ3n) is 3.88. The van der Waals surface area contributed by atoms with Crippen molar-refractivity contribution in [1.29, 1.82) is 0 Å². The number of benzene rings is 1. The lowest BCUT2D eigenvalue weighted by atomic mass is 10.1. The van der Waals surface area contributed by atoms with E-state index in [-0.39, 0.29) is 6.54 Å². The van der Waals surface area contributed by atoms with Crippen molar-refractivity contribution in [2.75, 3.05) is 20.2 Å². The molecular formula is C14H21NO4S. The van der Waals surface area contributed by atoms with E-state index in [1.54, 1.807) is 26.2 Å². The predicted molar refractivity (Wildman–Crippen MR) is 76.5 cm³/mol. The molecule has 1 aliphatic heterocycles. The second-order valence-corrected chi connectivity index (χ2v) is 7.08. The molecule has 0 aliphatic carbocycles. The molecule has 6 heteroatoms. The summed E-state index contributed by atoms with van der Waals surface area (Å²) in [5.41, 5.74) is 1.52. The Balaban J connectivity index is 2.42. The van der Waals surface area contributed by atoms with Crippen LogP contribution in [0.15, 0.2) is 17.0 Å². The van der Waals surface area contributed by atoms with Crippen molar-refractivity contribution in [1.82, 2.24) is 4.31 Å². The zero-order valence-corrected chi connectivity index (χ0v) is 12.9. The van der Waals surface area contributed by atoms with E-state index in [0.717, 1.165) is 5.56 Å². The molecule has 0 bridgehead atoms. The van der Waals surface area contributed by atoms with Crippen LogP contribution in [-0.4, -0.2) is 44.1 Å². The Morgan fingerprint density at radius 3 is 2.60 bits per heavy atom. The SMILES string of the molecule is COc1ccc(S(=O)(=O)N2CCCC(O)C2)c(C)c1C. The van der Waals surface area contributed by atoms with Gasteiger partial charge in [-0.25, -0.2) is 8.42 Å². The molecule has 0 aromatic heterocycles. The largest absolute Gasteiger partial charge is 0.496 e.